The fourth-order valence-corrected chi connectivity index (χ4v) is 3.64. The maximum atomic E-state index is 12.8. The number of carbonyl (C=O) groups is 2. The summed E-state index contributed by atoms with van der Waals surface area (Å²) < 4.78 is 40.8. The fraction of sp³-hybridized carbons (Fsp3) is 0.300. The summed E-state index contributed by atoms with van der Waals surface area (Å²) in [6.45, 7) is 0. The third-order valence-corrected chi connectivity index (χ3v) is 5.45. The molecule has 30 heavy (non-hydrogen) atoms. The van der Waals surface area contributed by atoms with Crippen molar-refractivity contribution in [2.75, 3.05) is 0 Å². The number of carboxylic acids is 1. The van der Waals surface area contributed by atoms with Gasteiger partial charge >= 0.3 is 12.3 Å². The van der Waals surface area contributed by atoms with Gasteiger partial charge in [0.2, 0.25) is 5.91 Å². The topological polar surface area (TPSA) is 75.6 Å². The van der Waals surface area contributed by atoms with Gasteiger partial charge in [-0.1, -0.05) is 41.4 Å². The zero-order valence-electron chi connectivity index (χ0n) is 15.3. The highest BCUT2D eigenvalue weighted by Crippen LogP contribution is 2.49. The Hall–Kier alpha value is -2.45. The summed E-state index contributed by atoms with van der Waals surface area (Å²) in [6.07, 6.45) is -3.96. The molecule has 0 aromatic heterocycles. The second kappa shape index (κ2) is 8.35. The van der Waals surface area contributed by atoms with E-state index in [0.717, 1.165) is 12.1 Å². The molecule has 160 valence electrons. The van der Waals surface area contributed by atoms with Gasteiger partial charge in [-0.25, -0.2) is 4.79 Å². The number of carboxylic acid groups (broad SMARTS) is 1. The van der Waals surface area contributed by atoms with Gasteiger partial charge in [-0.2, -0.15) is 0 Å². The molecule has 1 amide bonds. The van der Waals surface area contributed by atoms with Crippen molar-refractivity contribution < 1.29 is 32.6 Å². The zero-order chi connectivity index (χ0) is 22.1. The molecule has 5 nitrogen and oxygen atoms in total. The van der Waals surface area contributed by atoms with Crippen molar-refractivity contribution >= 4 is 35.1 Å². The predicted molar refractivity (Wildman–Crippen MR) is 104 cm³/mol. The normalized spacial score (nSPS) is 15.9. The average Bonchev–Trinajstić information content (AvgIpc) is 3.44. The van der Waals surface area contributed by atoms with Crippen molar-refractivity contribution in [2.45, 2.75) is 37.1 Å². The number of hydrogen-bond donors (Lipinski definition) is 2. The standard InChI is InChI=1S/C20H16Cl2F3NO4/c21-13-4-1-11(15(22)10-13)9-16(17(27)28)26-18(29)19(7-8-19)12-2-5-14(6-3-12)30-20(23,24)25/h1-6,10,16H,7-9H2,(H,26,29)(H,27,28)/t16-/m0/s1. The van der Waals surface area contributed by atoms with Crippen molar-refractivity contribution in [1.29, 1.82) is 0 Å². The first-order valence-corrected chi connectivity index (χ1v) is 9.60. The van der Waals surface area contributed by atoms with E-state index >= 15 is 0 Å². The third-order valence-electron chi connectivity index (χ3n) is 4.87. The smallest absolute Gasteiger partial charge is 0.480 e. The van der Waals surface area contributed by atoms with E-state index in [1.807, 2.05) is 0 Å². The molecule has 3 rings (SSSR count). The number of nitrogens with one attached hydrogen (secondary N) is 1. The number of halogens is 5. The molecule has 0 bridgehead atoms. The lowest BCUT2D eigenvalue weighted by molar-refractivity contribution is -0.274. The van der Waals surface area contributed by atoms with Crippen LogP contribution in [0, 0.1) is 0 Å². The second-order valence-electron chi connectivity index (χ2n) is 6.96. The van der Waals surface area contributed by atoms with Crippen molar-refractivity contribution in [1.82, 2.24) is 5.32 Å². The number of ether oxygens (including phenoxy) is 1. The van der Waals surface area contributed by atoms with Crippen LogP contribution in [0.25, 0.3) is 0 Å². The number of rotatable bonds is 7. The lowest BCUT2D eigenvalue weighted by Crippen LogP contribution is -2.46. The summed E-state index contributed by atoms with van der Waals surface area (Å²) in [6, 6.07) is 8.39. The molecular weight excluding hydrogens is 446 g/mol. The van der Waals surface area contributed by atoms with Gasteiger partial charge in [-0.05, 0) is 48.2 Å². The van der Waals surface area contributed by atoms with E-state index in [0.29, 0.717) is 29.0 Å². The maximum absolute atomic E-state index is 12.8. The van der Waals surface area contributed by atoms with Crippen molar-refractivity contribution in [3.63, 3.8) is 0 Å². The van der Waals surface area contributed by atoms with E-state index in [4.69, 9.17) is 23.2 Å². The Bertz CT molecular complexity index is 960. The Balaban J connectivity index is 1.73. The summed E-state index contributed by atoms with van der Waals surface area (Å²) >= 11 is 11.9. The van der Waals surface area contributed by atoms with Gasteiger partial charge in [0.05, 0.1) is 5.41 Å². The molecule has 2 aromatic carbocycles. The van der Waals surface area contributed by atoms with Crippen LogP contribution >= 0.6 is 23.2 Å². The van der Waals surface area contributed by atoms with Crippen LogP contribution in [0.5, 0.6) is 5.75 Å². The van der Waals surface area contributed by atoms with E-state index in [-0.39, 0.29) is 11.4 Å². The number of benzene rings is 2. The second-order valence-corrected chi connectivity index (χ2v) is 7.80. The average molecular weight is 462 g/mol. The molecule has 0 spiro atoms. The van der Waals surface area contributed by atoms with Gasteiger partial charge < -0.3 is 15.2 Å². The zero-order valence-corrected chi connectivity index (χ0v) is 16.8. The quantitative estimate of drug-likeness (QED) is 0.624. The maximum Gasteiger partial charge on any atom is 0.573 e. The van der Waals surface area contributed by atoms with Gasteiger partial charge in [0.25, 0.3) is 0 Å². The first kappa shape index (κ1) is 22.2. The van der Waals surface area contributed by atoms with Crippen molar-refractivity contribution in [3.8, 4) is 5.75 Å². The third kappa shape index (κ3) is 5.17. The Morgan fingerprint density at radius 2 is 1.77 bits per heavy atom. The van der Waals surface area contributed by atoms with Crippen molar-refractivity contribution in [3.05, 3.63) is 63.6 Å². The minimum atomic E-state index is -4.81. The van der Waals surface area contributed by atoms with E-state index < -0.39 is 35.4 Å². The van der Waals surface area contributed by atoms with Crippen LogP contribution in [0.4, 0.5) is 13.2 Å². The molecule has 0 radical (unpaired) electrons. The van der Waals surface area contributed by atoms with E-state index in [1.165, 1.54) is 18.2 Å². The minimum absolute atomic E-state index is 0.0501. The molecule has 0 saturated heterocycles. The number of alkyl halides is 3. The molecule has 1 saturated carbocycles. The Kier molecular flexibility index (Phi) is 6.19. The minimum Gasteiger partial charge on any atom is -0.480 e. The van der Waals surface area contributed by atoms with Crippen molar-refractivity contribution in [2.24, 2.45) is 0 Å². The first-order chi connectivity index (χ1) is 14.0. The van der Waals surface area contributed by atoms with Crippen LogP contribution in [0.1, 0.15) is 24.0 Å². The highest BCUT2D eigenvalue weighted by Gasteiger charge is 2.52. The van der Waals surface area contributed by atoms with Crippen LogP contribution in [0.3, 0.4) is 0 Å². The molecule has 10 heteroatoms. The van der Waals surface area contributed by atoms with Crippen LogP contribution in [0.2, 0.25) is 10.0 Å². The summed E-state index contributed by atoms with van der Waals surface area (Å²) in [5.74, 6) is -2.15. The van der Waals surface area contributed by atoms with Gasteiger partial charge in [-0.15, -0.1) is 13.2 Å². The van der Waals surface area contributed by atoms with E-state index in [2.05, 4.69) is 10.1 Å². The molecule has 0 unspecified atom stereocenters. The SMILES string of the molecule is O=C(O)[C@H](Cc1ccc(Cl)cc1Cl)NC(=O)C1(c2ccc(OC(F)(F)F)cc2)CC1. The molecular formula is C20H16Cl2F3NO4. The summed E-state index contributed by atoms with van der Waals surface area (Å²) in [5, 5.41) is 12.7. The lowest BCUT2D eigenvalue weighted by Gasteiger charge is -2.21. The Morgan fingerprint density at radius 3 is 2.27 bits per heavy atom. The number of aliphatic carboxylic acids is 1. The fourth-order valence-electron chi connectivity index (χ4n) is 3.15. The number of carbonyl (C=O) groups excluding carboxylic acids is 1. The molecule has 1 aliphatic carbocycles. The largest absolute Gasteiger partial charge is 0.573 e. The number of hydrogen-bond acceptors (Lipinski definition) is 3. The van der Waals surface area contributed by atoms with Gasteiger partial charge in [-0.3, -0.25) is 4.79 Å². The summed E-state index contributed by atoms with van der Waals surface area (Å²) in [7, 11) is 0. The molecule has 2 N–H and O–H groups in total. The summed E-state index contributed by atoms with van der Waals surface area (Å²) in [5.41, 5.74) is 0.0179. The lowest BCUT2D eigenvalue weighted by atomic mass is 9.94. The predicted octanol–water partition coefficient (Wildman–Crippen LogP) is 4.74. The Labute approximate surface area is 179 Å². The van der Waals surface area contributed by atoms with Gasteiger partial charge in [0.15, 0.2) is 0 Å². The highest BCUT2D eigenvalue weighted by molar-refractivity contribution is 6.35. The van der Waals surface area contributed by atoms with Crippen LogP contribution < -0.4 is 10.1 Å². The molecule has 1 aliphatic rings. The Morgan fingerprint density at radius 1 is 1.13 bits per heavy atom. The first-order valence-electron chi connectivity index (χ1n) is 8.84. The van der Waals surface area contributed by atoms with E-state index in [9.17, 15) is 27.9 Å². The van der Waals surface area contributed by atoms with Gasteiger partial charge in [0.1, 0.15) is 11.8 Å². The molecule has 0 aliphatic heterocycles. The molecule has 1 atom stereocenters. The van der Waals surface area contributed by atoms with Crippen LogP contribution in [0.15, 0.2) is 42.5 Å². The molecule has 2 aromatic rings. The number of amides is 1. The summed E-state index contributed by atoms with van der Waals surface area (Å²) in [4.78, 5) is 24.5. The monoisotopic (exact) mass is 461 g/mol. The van der Waals surface area contributed by atoms with Crippen LogP contribution in [-0.4, -0.2) is 29.4 Å². The molecule has 1 fully saturated rings. The van der Waals surface area contributed by atoms with Crippen LogP contribution in [-0.2, 0) is 21.4 Å². The van der Waals surface area contributed by atoms with E-state index in [1.54, 1.807) is 12.1 Å². The highest BCUT2D eigenvalue weighted by atomic mass is 35.5. The van der Waals surface area contributed by atoms with Gasteiger partial charge in [0, 0.05) is 16.5 Å². The molecule has 0 heterocycles.